The molecular weight excluding hydrogens is 347 g/mol. The van der Waals surface area contributed by atoms with Crippen LogP contribution in [0, 0.1) is 0 Å². The normalized spacial score (nSPS) is 10.2. The van der Waals surface area contributed by atoms with Gasteiger partial charge < -0.3 is 15.4 Å². The average Bonchev–Trinajstić information content (AvgIpc) is 2.51. The van der Waals surface area contributed by atoms with E-state index in [4.69, 9.17) is 39.5 Å². The molecule has 0 bridgehead atoms. The zero-order valence-electron chi connectivity index (χ0n) is 11.6. The van der Waals surface area contributed by atoms with E-state index in [-0.39, 0.29) is 12.5 Å². The summed E-state index contributed by atoms with van der Waals surface area (Å²) in [6.07, 6.45) is 0. The molecule has 0 heterocycles. The van der Waals surface area contributed by atoms with E-state index in [0.717, 1.165) is 11.4 Å². The lowest BCUT2D eigenvalue weighted by atomic mass is 10.3. The Labute approximate surface area is 143 Å². The maximum absolute atomic E-state index is 11.9. The summed E-state index contributed by atoms with van der Waals surface area (Å²) >= 11 is 17.7. The van der Waals surface area contributed by atoms with Crippen molar-refractivity contribution in [1.29, 1.82) is 0 Å². The predicted molar refractivity (Wildman–Crippen MR) is 91.6 cm³/mol. The van der Waals surface area contributed by atoms with E-state index >= 15 is 0 Å². The van der Waals surface area contributed by atoms with Gasteiger partial charge in [-0.1, -0.05) is 34.8 Å². The highest BCUT2D eigenvalue weighted by Crippen LogP contribution is 2.32. The topological polar surface area (TPSA) is 50.4 Å². The molecule has 0 aliphatic rings. The third-order valence-corrected chi connectivity index (χ3v) is 3.86. The number of hydrogen-bond donors (Lipinski definition) is 2. The first-order valence-electron chi connectivity index (χ1n) is 6.32. The third-order valence-electron chi connectivity index (χ3n) is 2.83. The second-order valence-electron chi connectivity index (χ2n) is 4.38. The van der Waals surface area contributed by atoms with Crippen molar-refractivity contribution in [1.82, 2.24) is 0 Å². The van der Waals surface area contributed by atoms with Crippen LogP contribution in [0.4, 0.5) is 11.4 Å². The number of nitrogens with one attached hydrogen (secondary N) is 2. The third kappa shape index (κ3) is 4.44. The van der Waals surface area contributed by atoms with Crippen molar-refractivity contribution < 1.29 is 9.53 Å². The quantitative estimate of drug-likeness (QED) is 0.760. The molecule has 0 atom stereocenters. The van der Waals surface area contributed by atoms with Gasteiger partial charge in [0.2, 0.25) is 5.91 Å². The number of ether oxygens (including phenoxy) is 1. The highest BCUT2D eigenvalue weighted by atomic mass is 35.5. The Morgan fingerprint density at radius 1 is 1.05 bits per heavy atom. The van der Waals surface area contributed by atoms with Gasteiger partial charge in [0.15, 0.2) is 0 Å². The lowest BCUT2D eigenvalue weighted by Gasteiger charge is -2.10. The van der Waals surface area contributed by atoms with E-state index in [2.05, 4.69) is 10.6 Å². The van der Waals surface area contributed by atoms with E-state index < -0.39 is 0 Å². The lowest BCUT2D eigenvalue weighted by Crippen LogP contribution is -2.21. The van der Waals surface area contributed by atoms with Crippen molar-refractivity contribution in [3.63, 3.8) is 0 Å². The number of carbonyl (C=O) groups is 1. The SMILES string of the molecule is COc1ccc(NCC(=O)Nc2cc(Cl)c(Cl)cc2Cl)cc1. The second-order valence-corrected chi connectivity index (χ2v) is 5.60. The lowest BCUT2D eigenvalue weighted by molar-refractivity contribution is -0.114. The smallest absolute Gasteiger partial charge is 0.243 e. The maximum atomic E-state index is 11.9. The summed E-state index contributed by atoms with van der Waals surface area (Å²) in [4.78, 5) is 11.9. The molecule has 22 heavy (non-hydrogen) atoms. The first-order valence-corrected chi connectivity index (χ1v) is 7.45. The molecule has 2 aromatic rings. The van der Waals surface area contributed by atoms with Gasteiger partial charge in [-0.05, 0) is 36.4 Å². The molecule has 0 aliphatic carbocycles. The van der Waals surface area contributed by atoms with Gasteiger partial charge in [0.25, 0.3) is 0 Å². The molecule has 0 fully saturated rings. The number of amides is 1. The number of carbonyl (C=O) groups excluding carboxylic acids is 1. The van der Waals surface area contributed by atoms with Crippen LogP contribution in [-0.4, -0.2) is 19.6 Å². The minimum atomic E-state index is -0.254. The molecule has 0 aromatic heterocycles. The summed E-state index contributed by atoms with van der Waals surface area (Å²) in [7, 11) is 1.59. The van der Waals surface area contributed by atoms with Crippen LogP contribution in [-0.2, 0) is 4.79 Å². The fourth-order valence-electron chi connectivity index (χ4n) is 1.70. The van der Waals surface area contributed by atoms with Crippen molar-refractivity contribution in [2.45, 2.75) is 0 Å². The van der Waals surface area contributed by atoms with Crippen molar-refractivity contribution in [2.75, 3.05) is 24.3 Å². The number of hydrogen-bond acceptors (Lipinski definition) is 3. The van der Waals surface area contributed by atoms with Gasteiger partial charge in [0, 0.05) is 5.69 Å². The summed E-state index contributed by atoms with van der Waals surface area (Å²) in [6.45, 7) is 0.0862. The van der Waals surface area contributed by atoms with Crippen LogP contribution in [0.5, 0.6) is 5.75 Å². The van der Waals surface area contributed by atoms with E-state index in [1.807, 2.05) is 12.1 Å². The molecule has 116 valence electrons. The Morgan fingerprint density at radius 2 is 1.68 bits per heavy atom. The molecule has 2 N–H and O–H groups in total. The molecule has 2 aromatic carbocycles. The Kier molecular flexibility index (Phi) is 5.77. The van der Waals surface area contributed by atoms with Crippen molar-refractivity contribution >= 4 is 52.1 Å². The summed E-state index contributed by atoms with van der Waals surface area (Å²) in [5.74, 6) is 0.494. The van der Waals surface area contributed by atoms with Crippen LogP contribution in [0.15, 0.2) is 36.4 Å². The second kappa shape index (κ2) is 7.58. The first kappa shape index (κ1) is 16.7. The molecule has 0 aliphatic heterocycles. The molecule has 4 nitrogen and oxygen atoms in total. The van der Waals surface area contributed by atoms with Gasteiger partial charge in [-0.2, -0.15) is 0 Å². The van der Waals surface area contributed by atoms with Gasteiger partial charge in [-0.25, -0.2) is 0 Å². The van der Waals surface area contributed by atoms with Gasteiger partial charge in [-0.3, -0.25) is 4.79 Å². The van der Waals surface area contributed by atoms with Gasteiger partial charge in [0.1, 0.15) is 5.75 Å². The minimum absolute atomic E-state index is 0.0862. The van der Waals surface area contributed by atoms with Gasteiger partial charge in [0.05, 0.1) is 34.4 Å². The van der Waals surface area contributed by atoms with Crippen molar-refractivity contribution in [2.24, 2.45) is 0 Å². The molecule has 1 amide bonds. The largest absolute Gasteiger partial charge is 0.497 e. The zero-order chi connectivity index (χ0) is 16.1. The number of anilines is 2. The van der Waals surface area contributed by atoms with E-state index in [1.54, 1.807) is 19.2 Å². The zero-order valence-corrected chi connectivity index (χ0v) is 13.9. The van der Waals surface area contributed by atoms with Crippen LogP contribution >= 0.6 is 34.8 Å². The average molecular weight is 360 g/mol. The highest BCUT2D eigenvalue weighted by Gasteiger charge is 2.09. The fourth-order valence-corrected chi connectivity index (χ4v) is 2.30. The van der Waals surface area contributed by atoms with Crippen molar-refractivity contribution in [3.8, 4) is 5.75 Å². The molecule has 0 saturated heterocycles. The first-order chi connectivity index (χ1) is 10.5. The monoisotopic (exact) mass is 358 g/mol. The fraction of sp³-hybridized carbons (Fsp3) is 0.133. The molecule has 0 unspecified atom stereocenters. The van der Waals surface area contributed by atoms with E-state index in [0.29, 0.717) is 20.8 Å². The van der Waals surface area contributed by atoms with Gasteiger partial charge in [-0.15, -0.1) is 0 Å². The summed E-state index contributed by atoms with van der Waals surface area (Å²) in [6, 6.07) is 10.2. The van der Waals surface area contributed by atoms with Crippen LogP contribution in [0.2, 0.25) is 15.1 Å². The van der Waals surface area contributed by atoms with Crippen LogP contribution in [0.1, 0.15) is 0 Å². The Bertz CT molecular complexity index is 675. The number of methoxy groups -OCH3 is 1. The number of halogens is 3. The standard InChI is InChI=1S/C15H13Cl3N2O2/c1-22-10-4-2-9(3-5-10)19-8-15(21)20-14-7-12(17)11(16)6-13(14)18/h2-7,19H,8H2,1H3,(H,20,21). The van der Waals surface area contributed by atoms with Crippen LogP contribution < -0.4 is 15.4 Å². The Hall–Kier alpha value is -1.62. The molecular formula is C15H13Cl3N2O2. The van der Waals surface area contributed by atoms with E-state index in [1.165, 1.54) is 12.1 Å². The molecule has 0 saturated carbocycles. The number of benzene rings is 2. The van der Waals surface area contributed by atoms with Crippen LogP contribution in [0.25, 0.3) is 0 Å². The Balaban J connectivity index is 1.94. The predicted octanol–water partition coefficient (Wildman–Crippen LogP) is 4.71. The number of rotatable bonds is 5. The highest BCUT2D eigenvalue weighted by molar-refractivity contribution is 6.44. The summed E-state index contributed by atoms with van der Waals surface area (Å²) in [5.41, 5.74) is 1.22. The molecule has 2 rings (SSSR count). The summed E-state index contributed by atoms with van der Waals surface area (Å²) in [5, 5.41) is 6.65. The van der Waals surface area contributed by atoms with Gasteiger partial charge >= 0.3 is 0 Å². The molecule has 0 spiro atoms. The van der Waals surface area contributed by atoms with E-state index in [9.17, 15) is 4.79 Å². The van der Waals surface area contributed by atoms with Crippen LogP contribution in [0.3, 0.4) is 0 Å². The molecule has 7 heteroatoms. The summed E-state index contributed by atoms with van der Waals surface area (Å²) < 4.78 is 5.06. The minimum Gasteiger partial charge on any atom is -0.497 e. The van der Waals surface area contributed by atoms with Crippen molar-refractivity contribution in [3.05, 3.63) is 51.5 Å². The molecule has 0 radical (unpaired) electrons. The maximum Gasteiger partial charge on any atom is 0.243 e. The Morgan fingerprint density at radius 3 is 2.32 bits per heavy atom.